The summed E-state index contributed by atoms with van der Waals surface area (Å²) in [7, 11) is 3.57. The van der Waals surface area contributed by atoms with Crippen molar-refractivity contribution in [3.8, 4) is 17.1 Å². The highest BCUT2D eigenvalue weighted by atomic mass is 32.2. The number of carbonyl (C=O) groups is 1. The fourth-order valence-corrected chi connectivity index (χ4v) is 4.47. The van der Waals surface area contributed by atoms with E-state index in [2.05, 4.69) is 22.3 Å². The molecule has 0 amide bonds. The fourth-order valence-electron chi connectivity index (χ4n) is 3.58. The van der Waals surface area contributed by atoms with Crippen molar-refractivity contribution in [1.29, 1.82) is 0 Å². The average Bonchev–Trinajstić information content (AvgIpc) is 3.34. The van der Waals surface area contributed by atoms with E-state index < -0.39 is 0 Å². The lowest BCUT2D eigenvalue weighted by Crippen LogP contribution is -2.14. The van der Waals surface area contributed by atoms with Crippen molar-refractivity contribution in [2.75, 3.05) is 7.11 Å². The van der Waals surface area contributed by atoms with Gasteiger partial charge in [-0.1, -0.05) is 23.9 Å². The van der Waals surface area contributed by atoms with Crippen LogP contribution < -0.4 is 4.74 Å². The quantitative estimate of drug-likeness (QED) is 0.460. The smallest absolute Gasteiger partial charge is 0.191 e. The number of Topliss-reactive ketones (excluding diaryl/α,β-unsaturated/α-hetero) is 1. The van der Waals surface area contributed by atoms with Crippen LogP contribution in [0.5, 0.6) is 5.75 Å². The number of hydrogen-bond donors (Lipinski definition) is 0. The maximum Gasteiger partial charge on any atom is 0.191 e. The van der Waals surface area contributed by atoms with Crippen LogP contribution in [-0.4, -0.2) is 32.9 Å². The number of thioether (sulfide) groups is 1. The van der Waals surface area contributed by atoms with Gasteiger partial charge in [-0.2, -0.15) is 0 Å². The molecule has 0 saturated heterocycles. The number of aromatic nitrogens is 3. The van der Waals surface area contributed by atoms with Crippen LogP contribution in [-0.2, 0) is 19.9 Å². The van der Waals surface area contributed by atoms with E-state index in [4.69, 9.17) is 4.74 Å². The lowest BCUT2D eigenvalue weighted by Gasteiger charge is -2.11. The molecule has 1 heterocycles. The molecule has 4 rings (SSSR count). The summed E-state index contributed by atoms with van der Waals surface area (Å²) in [6, 6.07) is 13.8. The number of ketones is 1. The SMILES string of the molecule is COc1ccc(-c2nnc(S[C@H](C)C(=O)c3ccc4c(c3)CCC4)n2C)cc1. The summed E-state index contributed by atoms with van der Waals surface area (Å²) in [5, 5.41) is 9.11. The molecular formula is C22H23N3O2S. The molecule has 1 aliphatic carbocycles. The first kappa shape index (κ1) is 18.7. The van der Waals surface area contributed by atoms with Crippen molar-refractivity contribution in [2.24, 2.45) is 7.05 Å². The molecule has 1 aliphatic rings. The van der Waals surface area contributed by atoms with Gasteiger partial charge < -0.3 is 9.30 Å². The van der Waals surface area contributed by atoms with Crippen molar-refractivity contribution < 1.29 is 9.53 Å². The number of ether oxygens (including phenoxy) is 1. The third-order valence-corrected chi connectivity index (χ3v) is 6.35. The second-order valence-corrected chi connectivity index (χ2v) is 8.36. The Labute approximate surface area is 169 Å². The molecule has 6 heteroatoms. The maximum absolute atomic E-state index is 12.9. The zero-order valence-corrected chi connectivity index (χ0v) is 17.1. The van der Waals surface area contributed by atoms with Crippen molar-refractivity contribution in [3.05, 3.63) is 59.2 Å². The van der Waals surface area contributed by atoms with E-state index in [1.807, 2.05) is 48.9 Å². The van der Waals surface area contributed by atoms with E-state index in [9.17, 15) is 4.79 Å². The minimum absolute atomic E-state index is 0.133. The number of methoxy groups -OCH3 is 1. The molecule has 0 spiro atoms. The minimum atomic E-state index is -0.230. The van der Waals surface area contributed by atoms with E-state index in [1.54, 1.807) is 7.11 Å². The van der Waals surface area contributed by atoms with Gasteiger partial charge in [-0.05, 0) is 67.6 Å². The van der Waals surface area contributed by atoms with Gasteiger partial charge in [0, 0.05) is 18.2 Å². The van der Waals surface area contributed by atoms with Crippen LogP contribution in [0.4, 0.5) is 0 Å². The molecule has 3 aromatic rings. The Bertz CT molecular complexity index is 1010. The van der Waals surface area contributed by atoms with Crippen LogP contribution in [0.1, 0.15) is 34.8 Å². The Morgan fingerprint density at radius 2 is 1.86 bits per heavy atom. The molecule has 144 valence electrons. The number of carbonyl (C=O) groups excluding carboxylic acids is 1. The molecule has 1 aromatic heterocycles. The fraction of sp³-hybridized carbons (Fsp3) is 0.318. The third kappa shape index (κ3) is 3.56. The van der Waals surface area contributed by atoms with Crippen molar-refractivity contribution in [3.63, 3.8) is 0 Å². The van der Waals surface area contributed by atoms with Gasteiger partial charge in [-0.3, -0.25) is 4.79 Å². The lowest BCUT2D eigenvalue weighted by atomic mass is 10.0. The Morgan fingerprint density at radius 1 is 1.11 bits per heavy atom. The second kappa shape index (κ2) is 7.80. The van der Waals surface area contributed by atoms with Crippen LogP contribution in [0.15, 0.2) is 47.6 Å². The van der Waals surface area contributed by atoms with Crippen molar-refractivity contribution in [1.82, 2.24) is 14.8 Å². The molecule has 0 unspecified atom stereocenters. The normalized spacial score (nSPS) is 14.0. The van der Waals surface area contributed by atoms with E-state index in [0.717, 1.165) is 40.7 Å². The molecule has 0 saturated carbocycles. The van der Waals surface area contributed by atoms with E-state index in [1.165, 1.54) is 29.3 Å². The van der Waals surface area contributed by atoms with Crippen molar-refractivity contribution in [2.45, 2.75) is 36.6 Å². The molecular weight excluding hydrogens is 370 g/mol. The van der Waals surface area contributed by atoms with Gasteiger partial charge in [0.15, 0.2) is 16.8 Å². The molecule has 1 atom stereocenters. The topological polar surface area (TPSA) is 57.0 Å². The predicted octanol–water partition coefficient (Wildman–Crippen LogP) is 4.34. The van der Waals surface area contributed by atoms with Gasteiger partial charge in [0.1, 0.15) is 5.75 Å². The maximum atomic E-state index is 12.9. The number of aryl methyl sites for hydroxylation is 2. The summed E-state index contributed by atoms with van der Waals surface area (Å²) < 4.78 is 7.13. The van der Waals surface area contributed by atoms with Gasteiger partial charge in [0.05, 0.1) is 12.4 Å². The third-order valence-electron chi connectivity index (χ3n) is 5.22. The van der Waals surface area contributed by atoms with Crippen LogP contribution in [0, 0.1) is 0 Å². The van der Waals surface area contributed by atoms with Gasteiger partial charge in [0.25, 0.3) is 0 Å². The van der Waals surface area contributed by atoms with Gasteiger partial charge in [-0.15, -0.1) is 10.2 Å². The molecule has 0 N–H and O–H groups in total. The number of benzene rings is 2. The second-order valence-electron chi connectivity index (χ2n) is 7.06. The average molecular weight is 394 g/mol. The van der Waals surface area contributed by atoms with Crippen LogP contribution in [0.2, 0.25) is 0 Å². The zero-order valence-electron chi connectivity index (χ0n) is 16.3. The summed E-state index contributed by atoms with van der Waals surface area (Å²) in [5.74, 6) is 1.70. The van der Waals surface area contributed by atoms with E-state index in [0.29, 0.717) is 0 Å². The van der Waals surface area contributed by atoms with Crippen molar-refractivity contribution >= 4 is 17.5 Å². The van der Waals surface area contributed by atoms with Gasteiger partial charge >= 0.3 is 0 Å². The summed E-state index contributed by atoms with van der Waals surface area (Å²) in [4.78, 5) is 12.9. The Hall–Kier alpha value is -2.60. The largest absolute Gasteiger partial charge is 0.497 e. The first-order chi connectivity index (χ1) is 13.6. The Balaban J connectivity index is 1.50. The molecule has 0 bridgehead atoms. The highest BCUT2D eigenvalue weighted by Gasteiger charge is 2.22. The van der Waals surface area contributed by atoms with E-state index >= 15 is 0 Å². The standard InChI is InChI=1S/C22H23N3O2S/c1-14(20(26)18-8-7-15-5-4-6-17(15)13-18)28-22-24-23-21(25(22)2)16-9-11-19(27-3)12-10-16/h7-14H,4-6H2,1-3H3/t14-/m1/s1. The Morgan fingerprint density at radius 3 is 2.61 bits per heavy atom. The summed E-state index contributed by atoms with van der Waals surface area (Å²) >= 11 is 1.44. The van der Waals surface area contributed by atoms with Crippen LogP contribution >= 0.6 is 11.8 Å². The highest BCUT2D eigenvalue weighted by molar-refractivity contribution is 8.00. The zero-order chi connectivity index (χ0) is 19.7. The Kier molecular flexibility index (Phi) is 5.22. The van der Waals surface area contributed by atoms with Crippen LogP contribution in [0.25, 0.3) is 11.4 Å². The first-order valence-electron chi connectivity index (χ1n) is 9.43. The predicted molar refractivity (Wildman–Crippen MR) is 111 cm³/mol. The molecule has 5 nitrogen and oxygen atoms in total. The summed E-state index contributed by atoms with van der Waals surface area (Å²) in [6.07, 6.45) is 3.39. The first-order valence-corrected chi connectivity index (χ1v) is 10.3. The number of nitrogens with zero attached hydrogens (tertiary/aromatic N) is 3. The van der Waals surface area contributed by atoms with Gasteiger partial charge in [0.2, 0.25) is 0 Å². The molecule has 0 aliphatic heterocycles. The molecule has 2 aromatic carbocycles. The molecule has 28 heavy (non-hydrogen) atoms. The minimum Gasteiger partial charge on any atom is -0.497 e. The van der Waals surface area contributed by atoms with Crippen LogP contribution in [0.3, 0.4) is 0 Å². The van der Waals surface area contributed by atoms with E-state index in [-0.39, 0.29) is 11.0 Å². The lowest BCUT2D eigenvalue weighted by molar-refractivity contribution is 0.0993. The molecule has 0 fully saturated rings. The summed E-state index contributed by atoms with van der Waals surface area (Å²) in [5.41, 5.74) is 4.45. The monoisotopic (exact) mass is 393 g/mol. The number of rotatable bonds is 6. The number of hydrogen-bond acceptors (Lipinski definition) is 5. The molecule has 0 radical (unpaired) electrons. The van der Waals surface area contributed by atoms with Gasteiger partial charge in [-0.25, -0.2) is 0 Å². The highest BCUT2D eigenvalue weighted by Crippen LogP contribution is 2.29. The number of fused-ring (bicyclic) bond motifs is 1. The summed E-state index contributed by atoms with van der Waals surface area (Å²) in [6.45, 7) is 1.93.